The van der Waals surface area contributed by atoms with Crippen molar-refractivity contribution in [3.05, 3.63) is 23.5 Å². The minimum Gasteiger partial charge on any atom is -0.497 e. The molecule has 14 heteroatoms. The lowest BCUT2D eigenvalue weighted by Crippen LogP contribution is -2.65. The summed E-state index contributed by atoms with van der Waals surface area (Å²) in [6.07, 6.45) is -9.40. The lowest BCUT2D eigenvalue weighted by atomic mass is 9.38. The lowest BCUT2D eigenvalue weighted by molar-refractivity contribution is -0.372. The van der Waals surface area contributed by atoms with Gasteiger partial charge in [0.05, 0.1) is 37.4 Å². The molecular weight excluding hydrogens is 728 g/mol. The maximum atomic E-state index is 14.9. The second-order valence-corrected chi connectivity index (χ2v) is 19.4. The zero-order chi connectivity index (χ0) is 41.0. The molecule has 7 rings (SSSR count). The molecule has 3 heterocycles. The van der Waals surface area contributed by atoms with E-state index in [4.69, 9.17) is 23.7 Å². The summed E-state index contributed by atoms with van der Waals surface area (Å²) in [5, 5.41) is 75.2. The SMILES string of the molecule is CC(C)C1=CC(=O)C(C2C(O)C[C@@]3(C)C4CC=C5C(CCC(OC6OC(CO)C(O)C(O)C6OC6OC(C)C(O)C(O)C6O)C5(C)C)[C@]4(C)C(=O)C[C@]23C)CO1. The molecule has 0 aromatic rings. The zero-order valence-electron chi connectivity index (χ0n) is 33.9. The van der Waals surface area contributed by atoms with Crippen molar-refractivity contribution < 1.29 is 69.0 Å². The molecule has 14 nitrogen and oxygen atoms in total. The fourth-order valence-electron chi connectivity index (χ4n) is 12.4. The van der Waals surface area contributed by atoms with Gasteiger partial charge in [-0.1, -0.05) is 60.1 Å². The third-order valence-electron chi connectivity index (χ3n) is 16.0. The van der Waals surface area contributed by atoms with Crippen LogP contribution >= 0.6 is 0 Å². The van der Waals surface area contributed by atoms with Crippen LogP contribution in [0.2, 0.25) is 0 Å². The maximum Gasteiger partial charge on any atom is 0.187 e. The van der Waals surface area contributed by atoms with E-state index in [2.05, 4.69) is 26.8 Å². The third-order valence-corrected chi connectivity index (χ3v) is 16.0. The van der Waals surface area contributed by atoms with Gasteiger partial charge in [0, 0.05) is 35.2 Å². The first-order valence-corrected chi connectivity index (χ1v) is 20.6. The van der Waals surface area contributed by atoms with E-state index in [0.29, 0.717) is 31.4 Å². The van der Waals surface area contributed by atoms with E-state index in [1.807, 2.05) is 27.7 Å². The molecule has 19 atom stereocenters. The summed E-state index contributed by atoms with van der Waals surface area (Å²) in [6, 6.07) is 0. The molecule has 3 aliphatic heterocycles. The molecule has 7 N–H and O–H groups in total. The number of hydrogen-bond donors (Lipinski definition) is 7. The minimum atomic E-state index is -1.69. The first-order chi connectivity index (χ1) is 26.1. The average molecular weight is 793 g/mol. The Balaban J connectivity index is 1.15. The average Bonchev–Trinajstić information content (AvgIpc) is 3.33. The van der Waals surface area contributed by atoms with Crippen LogP contribution in [0.4, 0.5) is 0 Å². The molecule has 2 saturated heterocycles. The van der Waals surface area contributed by atoms with E-state index in [1.165, 1.54) is 6.92 Å². The molecular formula is C42H64O14. The fraction of sp³-hybridized carbons (Fsp3) is 0.857. The topological polar surface area (TPSA) is 222 Å². The van der Waals surface area contributed by atoms with Gasteiger partial charge in [-0.3, -0.25) is 9.59 Å². The van der Waals surface area contributed by atoms with E-state index in [0.717, 1.165) is 5.57 Å². The normalized spacial score (nSPS) is 51.7. The highest BCUT2D eigenvalue weighted by Gasteiger charge is 2.73. The summed E-state index contributed by atoms with van der Waals surface area (Å²) in [5.41, 5.74) is -1.44. The van der Waals surface area contributed by atoms with Gasteiger partial charge < -0.3 is 59.4 Å². The Kier molecular flexibility index (Phi) is 11.1. The number of ether oxygens (including phenoxy) is 5. The summed E-state index contributed by atoms with van der Waals surface area (Å²) in [4.78, 5) is 28.5. The number of aliphatic hydroxyl groups is 7. The number of allylic oxidation sites excluding steroid dienone is 3. The van der Waals surface area contributed by atoms with Crippen LogP contribution in [0.1, 0.15) is 87.5 Å². The van der Waals surface area contributed by atoms with Crippen LogP contribution in [0.5, 0.6) is 0 Å². The van der Waals surface area contributed by atoms with Crippen molar-refractivity contribution in [3.63, 3.8) is 0 Å². The number of rotatable bonds is 7. The summed E-state index contributed by atoms with van der Waals surface area (Å²) >= 11 is 0. The standard InChI is InChI=1S/C42H64O14/c1-18(2)25-13-23(44)20(17-52-25)30-24(45)14-40(6)27-11-9-21-22(42(27,8)28(46)15-41(30,40)7)10-12-29(39(21,4)5)55-38-36(34(50)32(48)26(16-43)54-38)56-37-35(51)33(49)31(47)19(3)53-37/h9,13,18-20,22,24,26-27,29-38,43,45,47-51H,10-12,14-17H2,1-8H3/t19?,20?,22?,24?,26?,27?,29?,30?,31?,32?,33?,34?,35?,36?,37?,38?,40-,41+,42-/m0/s1. The predicted molar refractivity (Wildman–Crippen MR) is 198 cm³/mol. The lowest BCUT2D eigenvalue weighted by Gasteiger charge is -2.64. The van der Waals surface area contributed by atoms with E-state index in [1.54, 1.807) is 6.08 Å². The molecule has 316 valence electrons. The number of aliphatic hydroxyl groups excluding tert-OH is 7. The molecule has 0 spiro atoms. The van der Waals surface area contributed by atoms with Crippen molar-refractivity contribution in [2.45, 2.75) is 161 Å². The van der Waals surface area contributed by atoms with Crippen LogP contribution < -0.4 is 0 Å². The number of carbonyl (C=O) groups is 2. The van der Waals surface area contributed by atoms with Gasteiger partial charge in [-0.05, 0) is 55.3 Å². The van der Waals surface area contributed by atoms with Crippen LogP contribution in [-0.4, -0.2) is 134 Å². The van der Waals surface area contributed by atoms with Gasteiger partial charge in [-0.15, -0.1) is 0 Å². The molecule has 0 radical (unpaired) electrons. The molecule has 0 amide bonds. The molecule has 0 aromatic carbocycles. The summed E-state index contributed by atoms with van der Waals surface area (Å²) in [5.74, 6) is -0.377. The first kappa shape index (κ1) is 42.3. The Morgan fingerprint density at radius 1 is 0.857 bits per heavy atom. The third kappa shape index (κ3) is 6.22. The van der Waals surface area contributed by atoms with Crippen molar-refractivity contribution >= 4 is 11.6 Å². The maximum absolute atomic E-state index is 14.9. The largest absolute Gasteiger partial charge is 0.497 e. The van der Waals surface area contributed by atoms with Crippen molar-refractivity contribution in [2.24, 2.45) is 51.2 Å². The fourth-order valence-corrected chi connectivity index (χ4v) is 12.4. The molecule has 16 unspecified atom stereocenters. The van der Waals surface area contributed by atoms with E-state index in [-0.39, 0.29) is 42.3 Å². The van der Waals surface area contributed by atoms with Gasteiger partial charge >= 0.3 is 0 Å². The van der Waals surface area contributed by atoms with Crippen molar-refractivity contribution in [2.75, 3.05) is 13.2 Å². The minimum absolute atomic E-state index is 0.0449. The van der Waals surface area contributed by atoms with E-state index < -0.39 is 114 Å². The van der Waals surface area contributed by atoms with E-state index in [9.17, 15) is 45.3 Å². The molecule has 3 saturated carbocycles. The Morgan fingerprint density at radius 2 is 1.55 bits per heavy atom. The molecule has 7 aliphatic rings. The highest BCUT2D eigenvalue weighted by Crippen LogP contribution is 2.74. The van der Waals surface area contributed by atoms with Gasteiger partial charge in [0.25, 0.3) is 0 Å². The molecule has 4 aliphatic carbocycles. The Morgan fingerprint density at radius 3 is 2.20 bits per heavy atom. The Hall–Kier alpha value is -1.82. The number of hydrogen-bond acceptors (Lipinski definition) is 14. The number of carbonyl (C=O) groups excluding carboxylic acids is 2. The number of fused-ring (bicyclic) bond motifs is 5. The Labute approximate surface area is 329 Å². The van der Waals surface area contributed by atoms with Crippen molar-refractivity contribution in [3.8, 4) is 0 Å². The smallest absolute Gasteiger partial charge is 0.187 e. The molecule has 0 bridgehead atoms. The monoisotopic (exact) mass is 792 g/mol. The van der Waals surface area contributed by atoms with Crippen molar-refractivity contribution in [1.82, 2.24) is 0 Å². The molecule has 0 aromatic heterocycles. The molecule has 56 heavy (non-hydrogen) atoms. The number of Topliss-reactive ketones (excluding diaryl/α,β-unsaturated/α-hetero) is 1. The van der Waals surface area contributed by atoms with Crippen LogP contribution in [0, 0.1) is 51.2 Å². The summed E-state index contributed by atoms with van der Waals surface area (Å²) in [7, 11) is 0. The van der Waals surface area contributed by atoms with Gasteiger partial charge in [0.2, 0.25) is 0 Å². The van der Waals surface area contributed by atoms with Gasteiger partial charge in [-0.25, -0.2) is 0 Å². The highest BCUT2D eigenvalue weighted by atomic mass is 16.8. The van der Waals surface area contributed by atoms with Crippen LogP contribution in [0.3, 0.4) is 0 Å². The van der Waals surface area contributed by atoms with Crippen LogP contribution in [-0.2, 0) is 33.3 Å². The van der Waals surface area contributed by atoms with E-state index >= 15 is 0 Å². The van der Waals surface area contributed by atoms with Gasteiger partial charge in [0.15, 0.2) is 18.4 Å². The second kappa shape index (κ2) is 14.7. The predicted octanol–water partition coefficient (Wildman–Crippen LogP) is 1.53. The quantitative estimate of drug-likeness (QED) is 0.182. The van der Waals surface area contributed by atoms with Crippen molar-refractivity contribution in [1.29, 1.82) is 0 Å². The highest BCUT2D eigenvalue weighted by molar-refractivity contribution is 5.94. The first-order valence-electron chi connectivity index (χ1n) is 20.6. The Bertz CT molecular complexity index is 1590. The molecule has 5 fully saturated rings. The second-order valence-electron chi connectivity index (χ2n) is 19.4. The van der Waals surface area contributed by atoms with Gasteiger partial charge in [0.1, 0.15) is 54.3 Å². The summed E-state index contributed by atoms with van der Waals surface area (Å²) < 4.78 is 30.4. The number of ketones is 2. The van der Waals surface area contributed by atoms with Crippen LogP contribution in [0.15, 0.2) is 23.5 Å². The van der Waals surface area contributed by atoms with Crippen LogP contribution in [0.25, 0.3) is 0 Å². The van der Waals surface area contributed by atoms with Gasteiger partial charge in [-0.2, -0.15) is 0 Å². The summed E-state index contributed by atoms with van der Waals surface area (Å²) in [6.45, 7) is 15.5. The zero-order valence-corrected chi connectivity index (χ0v) is 33.9.